The summed E-state index contributed by atoms with van der Waals surface area (Å²) in [5.41, 5.74) is 3.32. The molecule has 6 aromatic carbocycles. The van der Waals surface area contributed by atoms with Crippen LogP contribution < -0.4 is 53.2 Å². The molecule has 0 aliphatic carbocycles. The minimum absolute atomic E-state index is 0.00915. The standard InChI is InChI=1S/C44H40Cl4N12O6S2/c45-27-5-15-31(16-6-27)49-39-55-40(50-32-17-7-28(46)8-18-32)58-43(57-39)53-35-13-3-25(37(23-35)67(61,62)63)1-2-26-4-14-36(24-38(26)68(64,65)66)54-44-59-41(51-33-19-9-29(47)10-20-33)56-42(60-44)52-34-21-11-30(48)12-22-34/h1-24,39,41,43-44,49,51,53-54,57,59H,(H2,50,55,58)(H2,52,56,60)(H,61,62,63)(H,64,65,66)/b2-1-. The molecule has 8 rings (SSSR count). The summed E-state index contributed by atoms with van der Waals surface area (Å²) >= 11 is 24.3. The van der Waals surface area contributed by atoms with Crippen LogP contribution in [0.3, 0.4) is 0 Å². The zero-order chi connectivity index (χ0) is 48.0. The molecule has 24 heteroatoms. The molecular weight excluding hydrogens is 999 g/mol. The highest BCUT2D eigenvalue weighted by Crippen LogP contribution is 2.28. The van der Waals surface area contributed by atoms with Gasteiger partial charge in [-0.15, -0.1) is 0 Å². The van der Waals surface area contributed by atoms with Crippen molar-refractivity contribution >= 4 is 125 Å². The van der Waals surface area contributed by atoms with E-state index in [-0.39, 0.29) is 22.5 Å². The van der Waals surface area contributed by atoms with Gasteiger partial charge in [-0.2, -0.15) is 16.8 Å². The highest BCUT2D eigenvalue weighted by Gasteiger charge is 2.26. The fourth-order valence-electron chi connectivity index (χ4n) is 6.75. The number of nitrogens with zero attached hydrogens (tertiary/aromatic N) is 2. The minimum Gasteiger partial charge on any atom is -0.353 e. The monoisotopic (exact) mass is 1040 g/mol. The van der Waals surface area contributed by atoms with Crippen molar-refractivity contribution in [2.75, 3.05) is 31.9 Å². The highest BCUT2D eigenvalue weighted by atomic mass is 35.5. The highest BCUT2D eigenvalue weighted by molar-refractivity contribution is 7.86. The number of nitrogens with one attached hydrogen (secondary N) is 10. The first-order valence-corrected chi connectivity index (χ1v) is 24.6. The van der Waals surface area contributed by atoms with E-state index in [4.69, 9.17) is 46.4 Å². The van der Waals surface area contributed by atoms with Gasteiger partial charge in [-0.25, -0.2) is 20.6 Å². The molecule has 0 fully saturated rings. The number of rotatable bonds is 14. The van der Waals surface area contributed by atoms with E-state index in [0.29, 0.717) is 54.8 Å². The lowest BCUT2D eigenvalue weighted by Gasteiger charge is -2.33. The largest absolute Gasteiger partial charge is 0.353 e. The summed E-state index contributed by atoms with van der Waals surface area (Å²) in [5.74, 6) is 0.679. The van der Waals surface area contributed by atoms with Crippen LogP contribution in [0.1, 0.15) is 11.1 Å². The zero-order valence-electron chi connectivity index (χ0n) is 34.9. The van der Waals surface area contributed by atoms with Crippen molar-refractivity contribution < 1.29 is 25.9 Å². The van der Waals surface area contributed by atoms with Crippen LogP contribution in [0.15, 0.2) is 153 Å². The quantitative estimate of drug-likeness (QED) is 0.0361. The number of guanidine groups is 2. The molecular formula is C44H40Cl4N12O6S2. The van der Waals surface area contributed by atoms with Crippen molar-refractivity contribution in [2.45, 2.75) is 34.9 Å². The van der Waals surface area contributed by atoms with Crippen molar-refractivity contribution in [3.8, 4) is 0 Å². The summed E-state index contributed by atoms with van der Waals surface area (Å²) in [5, 5.41) is 34.2. The normalized spacial score (nSPS) is 18.3. The molecule has 0 saturated heterocycles. The smallest absolute Gasteiger partial charge is 0.295 e. The molecule has 2 aliphatic heterocycles. The summed E-state index contributed by atoms with van der Waals surface area (Å²) in [6.45, 7) is 0. The van der Waals surface area contributed by atoms with E-state index in [9.17, 15) is 25.9 Å². The van der Waals surface area contributed by atoms with Crippen LogP contribution in [-0.4, -0.2) is 63.0 Å². The van der Waals surface area contributed by atoms with Gasteiger partial charge in [-0.3, -0.25) is 9.11 Å². The Hall–Kier alpha value is -6.30. The topological polar surface area (TPSA) is 254 Å². The Balaban J connectivity index is 1.01. The number of anilines is 6. The molecule has 12 N–H and O–H groups in total. The Morgan fingerprint density at radius 1 is 0.441 bits per heavy atom. The Morgan fingerprint density at radius 2 is 0.750 bits per heavy atom. The SMILES string of the molecule is O=S(=O)(O)c1cc(NC2NC(Nc3ccc(Cl)cc3)=NC(Nc3ccc(Cl)cc3)N2)ccc1/C=C\c1ccc(NC2NC(Nc3ccc(Cl)cc3)=NC(Nc3ccc(Cl)cc3)N2)cc1S(=O)(=O)O. The van der Waals surface area contributed by atoms with Gasteiger partial charge in [-0.05, 0) is 132 Å². The number of hydrogen-bond acceptors (Lipinski definition) is 16. The van der Waals surface area contributed by atoms with Gasteiger partial charge in [0.25, 0.3) is 20.2 Å². The predicted molar refractivity (Wildman–Crippen MR) is 272 cm³/mol. The molecule has 352 valence electrons. The van der Waals surface area contributed by atoms with E-state index in [2.05, 4.69) is 63.2 Å². The van der Waals surface area contributed by atoms with Gasteiger partial charge in [0.15, 0.2) is 25.2 Å². The van der Waals surface area contributed by atoms with Crippen LogP contribution in [0.25, 0.3) is 12.2 Å². The molecule has 18 nitrogen and oxygen atoms in total. The molecule has 0 amide bonds. The molecule has 2 aliphatic rings. The van der Waals surface area contributed by atoms with Crippen molar-refractivity contribution in [2.24, 2.45) is 9.98 Å². The van der Waals surface area contributed by atoms with Gasteiger partial charge in [0, 0.05) is 54.2 Å². The van der Waals surface area contributed by atoms with Gasteiger partial charge < -0.3 is 42.5 Å². The van der Waals surface area contributed by atoms with Crippen LogP contribution in [0.2, 0.25) is 20.1 Å². The van der Waals surface area contributed by atoms with Crippen molar-refractivity contribution in [3.63, 3.8) is 0 Å². The number of halogens is 4. The number of aliphatic imine (C=N–C) groups is 2. The molecule has 4 unspecified atom stereocenters. The third-order valence-electron chi connectivity index (χ3n) is 9.88. The number of hydrogen-bond donors (Lipinski definition) is 12. The molecule has 0 aromatic heterocycles. The molecule has 0 radical (unpaired) electrons. The second-order valence-corrected chi connectivity index (χ2v) is 19.4. The van der Waals surface area contributed by atoms with Gasteiger partial charge >= 0.3 is 0 Å². The van der Waals surface area contributed by atoms with Crippen LogP contribution in [0.5, 0.6) is 0 Å². The maximum absolute atomic E-state index is 12.8. The molecule has 6 aromatic rings. The van der Waals surface area contributed by atoms with Gasteiger partial charge in [0.1, 0.15) is 9.79 Å². The molecule has 4 atom stereocenters. The van der Waals surface area contributed by atoms with Crippen LogP contribution in [-0.2, 0) is 20.2 Å². The summed E-state index contributed by atoms with van der Waals surface area (Å²) in [7, 11) is -9.70. The van der Waals surface area contributed by atoms with E-state index in [0.717, 1.165) is 0 Å². The van der Waals surface area contributed by atoms with Gasteiger partial charge in [-0.1, -0.05) is 70.7 Å². The van der Waals surface area contributed by atoms with E-state index in [1.54, 1.807) is 109 Å². The molecule has 0 saturated carbocycles. The molecule has 2 heterocycles. The van der Waals surface area contributed by atoms with Gasteiger partial charge in [0.05, 0.1) is 0 Å². The van der Waals surface area contributed by atoms with Crippen molar-refractivity contribution in [1.29, 1.82) is 0 Å². The summed E-state index contributed by atoms with van der Waals surface area (Å²) in [6, 6.07) is 36.3. The summed E-state index contributed by atoms with van der Waals surface area (Å²) < 4.78 is 72.1. The minimum atomic E-state index is -4.85. The van der Waals surface area contributed by atoms with Crippen LogP contribution >= 0.6 is 46.4 Å². The molecule has 0 bridgehead atoms. The molecule has 0 spiro atoms. The lowest BCUT2D eigenvalue weighted by Crippen LogP contribution is -2.61. The summed E-state index contributed by atoms with van der Waals surface area (Å²) in [4.78, 5) is 8.34. The first kappa shape index (κ1) is 48.2. The fraction of sp³-hybridized carbons (Fsp3) is 0.0909. The Bertz CT molecular complexity index is 2890. The van der Waals surface area contributed by atoms with E-state index < -0.39 is 55.2 Å². The maximum atomic E-state index is 12.8. The average Bonchev–Trinajstić information content (AvgIpc) is 3.28. The first-order valence-electron chi connectivity index (χ1n) is 20.2. The van der Waals surface area contributed by atoms with Gasteiger partial charge in [0.2, 0.25) is 11.9 Å². The fourth-order valence-corrected chi connectivity index (χ4v) is 8.67. The van der Waals surface area contributed by atoms with E-state index >= 15 is 0 Å². The lowest BCUT2D eigenvalue weighted by molar-refractivity contribution is 0.447. The Kier molecular flexibility index (Phi) is 14.8. The van der Waals surface area contributed by atoms with Crippen LogP contribution in [0.4, 0.5) is 34.1 Å². The summed E-state index contributed by atoms with van der Waals surface area (Å²) in [6.07, 6.45) is -0.350. The Morgan fingerprint density at radius 3 is 1.07 bits per heavy atom. The molecule has 68 heavy (non-hydrogen) atoms. The average molecular weight is 1040 g/mol. The number of benzene rings is 6. The zero-order valence-corrected chi connectivity index (χ0v) is 39.6. The van der Waals surface area contributed by atoms with Crippen molar-refractivity contribution in [1.82, 2.24) is 21.3 Å². The lowest BCUT2D eigenvalue weighted by atomic mass is 10.1. The maximum Gasteiger partial charge on any atom is 0.295 e. The third-order valence-corrected chi connectivity index (χ3v) is 12.7. The third kappa shape index (κ3) is 13.2. The second-order valence-electron chi connectivity index (χ2n) is 14.9. The van der Waals surface area contributed by atoms with Crippen LogP contribution in [0, 0.1) is 0 Å². The van der Waals surface area contributed by atoms with E-state index in [1.165, 1.54) is 36.4 Å². The Labute approximate surface area is 411 Å². The first-order chi connectivity index (χ1) is 32.5. The second kappa shape index (κ2) is 20.9. The predicted octanol–water partition coefficient (Wildman–Crippen LogP) is 8.47. The van der Waals surface area contributed by atoms with E-state index in [1.807, 2.05) is 0 Å². The van der Waals surface area contributed by atoms with Crippen molar-refractivity contribution in [3.05, 3.63) is 165 Å².